The molecule has 1 aromatic carbocycles. The van der Waals surface area contributed by atoms with Gasteiger partial charge in [-0.3, -0.25) is 14.6 Å². The molecule has 1 heterocycles. The highest BCUT2D eigenvalue weighted by atomic mass is 32.1. The molecule has 0 saturated heterocycles. The lowest BCUT2D eigenvalue weighted by molar-refractivity contribution is -0.118. The number of nitrogens with one attached hydrogen (secondary N) is 1. The fourth-order valence-electron chi connectivity index (χ4n) is 2.06. The van der Waals surface area contributed by atoms with Gasteiger partial charge in [0.15, 0.2) is 4.77 Å². The summed E-state index contributed by atoms with van der Waals surface area (Å²) in [6.07, 6.45) is 0. The van der Waals surface area contributed by atoms with Crippen molar-refractivity contribution in [3.8, 4) is 22.8 Å². The average molecular weight is 337 g/mol. The average Bonchev–Trinajstić information content (AvgIpc) is 2.48. The topological polar surface area (TPSA) is 131 Å². The number of aliphatic hydroxyl groups is 1. The monoisotopic (exact) mass is 337 g/mol. The van der Waals surface area contributed by atoms with E-state index in [2.05, 4.69) is 4.98 Å². The number of benzene rings is 1. The Kier molecular flexibility index (Phi) is 5.14. The van der Waals surface area contributed by atoms with Crippen LogP contribution >= 0.6 is 12.2 Å². The summed E-state index contributed by atoms with van der Waals surface area (Å²) in [6.45, 7) is -0.430. The third-order valence-corrected chi connectivity index (χ3v) is 3.26. The van der Waals surface area contributed by atoms with Crippen LogP contribution in [0.4, 0.5) is 0 Å². The van der Waals surface area contributed by atoms with Gasteiger partial charge in [-0.15, -0.1) is 0 Å². The summed E-state index contributed by atoms with van der Waals surface area (Å²) in [7, 11) is 0. The second-order valence-electron chi connectivity index (χ2n) is 4.63. The molecule has 1 amide bonds. The summed E-state index contributed by atoms with van der Waals surface area (Å²) in [4.78, 5) is 25.4. The van der Waals surface area contributed by atoms with E-state index in [1.165, 1.54) is 28.8 Å². The normalized spacial score (nSPS) is 10.5. The Morgan fingerprint density at radius 3 is 2.78 bits per heavy atom. The second kappa shape index (κ2) is 7.07. The van der Waals surface area contributed by atoms with Crippen LogP contribution in [0.15, 0.2) is 29.1 Å². The van der Waals surface area contributed by atoms with Gasteiger partial charge in [-0.1, -0.05) is 0 Å². The van der Waals surface area contributed by atoms with Crippen LogP contribution in [-0.2, 0) is 11.3 Å². The van der Waals surface area contributed by atoms with E-state index < -0.39 is 11.5 Å². The number of nitrogens with zero attached hydrogens (tertiary/aromatic N) is 1. The number of carbonyl (C=O) groups is 1. The molecule has 1 aromatic heterocycles. The first-order valence-corrected chi connectivity index (χ1v) is 7.02. The van der Waals surface area contributed by atoms with E-state index in [0.29, 0.717) is 11.3 Å². The first kappa shape index (κ1) is 16.7. The second-order valence-corrected chi connectivity index (χ2v) is 5.02. The van der Waals surface area contributed by atoms with Gasteiger partial charge in [-0.25, -0.2) is 0 Å². The minimum absolute atomic E-state index is 0.0164. The molecule has 0 aliphatic rings. The Morgan fingerprint density at radius 2 is 2.13 bits per heavy atom. The number of hydrogen-bond donors (Lipinski definition) is 4. The van der Waals surface area contributed by atoms with Crippen LogP contribution in [0.25, 0.3) is 11.3 Å². The van der Waals surface area contributed by atoms with E-state index in [1.807, 2.05) is 0 Å². The number of hydrogen-bond acceptors (Lipinski definition) is 6. The van der Waals surface area contributed by atoms with Crippen molar-refractivity contribution in [1.29, 1.82) is 0 Å². The molecule has 9 heteroatoms. The molecule has 0 bridgehead atoms. The SMILES string of the molecule is NC(=O)Cn1c(-c2cc(O)ccc2OCCO)cc(=O)[nH]c1=S. The molecule has 0 aliphatic heterocycles. The molecule has 0 saturated carbocycles. The van der Waals surface area contributed by atoms with E-state index >= 15 is 0 Å². The number of carbonyl (C=O) groups excluding carboxylic acids is 1. The van der Waals surface area contributed by atoms with Crippen LogP contribution in [0.3, 0.4) is 0 Å². The lowest BCUT2D eigenvalue weighted by Gasteiger charge is -2.16. The molecule has 23 heavy (non-hydrogen) atoms. The van der Waals surface area contributed by atoms with Crippen molar-refractivity contribution in [2.24, 2.45) is 5.73 Å². The van der Waals surface area contributed by atoms with Gasteiger partial charge in [0, 0.05) is 11.6 Å². The van der Waals surface area contributed by atoms with E-state index in [-0.39, 0.29) is 36.0 Å². The molecule has 0 spiro atoms. The Hall–Kier alpha value is -2.65. The molecule has 0 aliphatic carbocycles. The van der Waals surface area contributed by atoms with E-state index in [1.54, 1.807) is 0 Å². The molecule has 8 nitrogen and oxygen atoms in total. The number of aliphatic hydroxyl groups excluding tert-OH is 1. The number of primary amides is 1. The lowest BCUT2D eigenvalue weighted by Crippen LogP contribution is -2.23. The number of ether oxygens (including phenoxy) is 1. The quantitative estimate of drug-likeness (QED) is 0.554. The molecule has 122 valence electrons. The molecule has 0 unspecified atom stereocenters. The Bertz CT molecular complexity index is 843. The lowest BCUT2D eigenvalue weighted by atomic mass is 10.1. The summed E-state index contributed by atoms with van der Waals surface area (Å²) in [6, 6.07) is 5.47. The van der Waals surface area contributed by atoms with Crippen LogP contribution < -0.4 is 16.0 Å². The molecular formula is C14H15N3O5S. The zero-order valence-corrected chi connectivity index (χ0v) is 12.8. The maximum atomic E-state index is 11.7. The number of amides is 1. The van der Waals surface area contributed by atoms with Gasteiger partial charge in [0.25, 0.3) is 5.56 Å². The molecule has 2 aromatic rings. The fraction of sp³-hybridized carbons (Fsp3) is 0.214. The predicted octanol–water partition coefficient (Wildman–Crippen LogP) is 0.135. The summed E-state index contributed by atoms with van der Waals surface area (Å²) >= 11 is 5.07. The van der Waals surface area contributed by atoms with Crippen LogP contribution in [-0.4, -0.2) is 38.9 Å². The number of aromatic hydroxyl groups is 1. The first-order chi connectivity index (χ1) is 10.9. The predicted molar refractivity (Wildman–Crippen MR) is 84.8 cm³/mol. The van der Waals surface area contributed by atoms with Gasteiger partial charge in [-0.2, -0.15) is 0 Å². The highest BCUT2D eigenvalue weighted by molar-refractivity contribution is 7.71. The summed E-state index contributed by atoms with van der Waals surface area (Å²) in [5.41, 5.74) is 5.35. The van der Waals surface area contributed by atoms with Crippen molar-refractivity contribution in [3.05, 3.63) is 39.4 Å². The fourth-order valence-corrected chi connectivity index (χ4v) is 2.32. The van der Waals surface area contributed by atoms with Crippen molar-refractivity contribution >= 4 is 18.1 Å². The molecule has 0 fully saturated rings. The van der Waals surface area contributed by atoms with Crippen LogP contribution in [0.1, 0.15) is 0 Å². The van der Waals surface area contributed by atoms with E-state index in [9.17, 15) is 14.7 Å². The highest BCUT2D eigenvalue weighted by Crippen LogP contribution is 2.32. The van der Waals surface area contributed by atoms with Gasteiger partial charge in [0.2, 0.25) is 5.91 Å². The number of H-pyrrole nitrogens is 1. The van der Waals surface area contributed by atoms with Crippen LogP contribution in [0.5, 0.6) is 11.5 Å². The van der Waals surface area contributed by atoms with Crippen molar-refractivity contribution < 1.29 is 19.7 Å². The number of aromatic amines is 1. The number of phenols is 1. The highest BCUT2D eigenvalue weighted by Gasteiger charge is 2.14. The van der Waals surface area contributed by atoms with E-state index in [4.69, 9.17) is 27.8 Å². The van der Waals surface area contributed by atoms with Crippen molar-refractivity contribution in [3.63, 3.8) is 0 Å². The minimum atomic E-state index is -0.646. The zero-order valence-electron chi connectivity index (χ0n) is 12.0. The number of rotatable bonds is 6. The summed E-state index contributed by atoms with van der Waals surface area (Å²) < 4.78 is 6.75. The van der Waals surface area contributed by atoms with Crippen LogP contribution in [0, 0.1) is 4.77 Å². The number of nitrogens with two attached hydrogens (primary N) is 1. The third-order valence-electron chi connectivity index (χ3n) is 2.94. The zero-order chi connectivity index (χ0) is 17.0. The molecular weight excluding hydrogens is 322 g/mol. The van der Waals surface area contributed by atoms with Crippen molar-refractivity contribution in [1.82, 2.24) is 9.55 Å². The minimum Gasteiger partial charge on any atom is -0.508 e. The Labute approximate surface area is 135 Å². The van der Waals surface area contributed by atoms with Crippen LogP contribution in [0.2, 0.25) is 0 Å². The van der Waals surface area contributed by atoms with Gasteiger partial charge in [0.05, 0.1) is 12.3 Å². The third kappa shape index (κ3) is 3.96. The van der Waals surface area contributed by atoms with Crippen molar-refractivity contribution in [2.75, 3.05) is 13.2 Å². The maximum Gasteiger partial charge on any atom is 0.252 e. The van der Waals surface area contributed by atoms with Gasteiger partial charge in [-0.05, 0) is 30.4 Å². The van der Waals surface area contributed by atoms with Gasteiger partial charge < -0.3 is 25.3 Å². The molecule has 0 radical (unpaired) electrons. The van der Waals surface area contributed by atoms with Crippen molar-refractivity contribution in [2.45, 2.75) is 6.54 Å². The first-order valence-electron chi connectivity index (χ1n) is 6.62. The van der Waals surface area contributed by atoms with Gasteiger partial charge >= 0.3 is 0 Å². The van der Waals surface area contributed by atoms with E-state index in [0.717, 1.165) is 0 Å². The summed E-state index contributed by atoms with van der Waals surface area (Å²) in [5.74, 6) is -0.393. The molecule has 5 N–H and O–H groups in total. The number of aromatic nitrogens is 2. The Balaban J connectivity index is 2.70. The standard InChI is InChI=1S/C14H15N3O5S/c15-12(20)7-17-10(6-13(21)16-14(17)23)9-5-8(19)1-2-11(9)22-4-3-18/h1-2,5-6,18-19H,3-4,7H2,(H2,15,20)(H,16,21,23). The molecule has 0 atom stereocenters. The Morgan fingerprint density at radius 1 is 1.39 bits per heavy atom. The van der Waals surface area contributed by atoms with Gasteiger partial charge in [0.1, 0.15) is 24.7 Å². The smallest absolute Gasteiger partial charge is 0.252 e. The summed E-state index contributed by atoms with van der Waals surface area (Å²) in [5, 5.41) is 18.6. The number of phenolic OH excluding ortho intramolecular Hbond substituents is 1. The maximum absolute atomic E-state index is 11.7. The molecule has 2 rings (SSSR count). The largest absolute Gasteiger partial charge is 0.508 e.